The van der Waals surface area contributed by atoms with Gasteiger partial charge in [-0.05, 0) is 31.6 Å². The summed E-state index contributed by atoms with van der Waals surface area (Å²) in [6.45, 7) is 7.12. The Morgan fingerprint density at radius 2 is 2.00 bits per heavy atom. The molecule has 3 saturated heterocycles. The maximum absolute atomic E-state index is 12.8. The molecule has 174 valence electrons. The van der Waals surface area contributed by atoms with Crippen molar-refractivity contribution in [2.75, 3.05) is 39.5 Å². The van der Waals surface area contributed by atoms with Gasteiger partial charge in [-0.15, -0.1) is 0 Å². The molecule has 0 aliphatic carbocycles. The van der Waals surface area contributed by atoms with E-state index in [2.05, 4.69) is 10.1 Å². The summed E-state index contributed by atoms with van der Waals surface area (Å²) in [5.74, 6) is -1.17. The van der Waals surface area contributed by atoms with Gasteiger partial charge in [0.15, 0.2) is 0 Å². The van der Waals surface area contributed by atoms with Gasteiger partial charge < -0.3 is 14.4 Å². The molecule has 0 unspecified atom stereocenters. The molecule has 1 amide bonds. The SMILES string of the molecule is Cc1cc(CN2C[C@@H]3COC[C@H](C(=O)N4CCCCO4)[C@@H]3C2)no1.O=C(O)C(F)(F)F. The molecule has 0 aromatic carbocycles. The zero-order valence-electron chi connectivity index (χ0n) is 17.1. The number of hydrogen-bond acceptors (Lipinski definition) is 7. The molecule has 1 N–H and O–H groups in total. The lowest BCUT2D eigenvalue weighted by atomic mass is 9.82. The number of carbonyl (C=O) groups is 2. The van der Waals surface area contributed by atoms with Crippen LogP contribution in [0.1, 0.15) is 24.3 Å². The van der Waals surface area contributed by atoms with Gasteiger partial charge in [-0.1, -0.05) is 5.16 Å². The summed E-state index contributed by atoms with van der Waals surface area (Å²) in [5.41, 5.74) is 0.953. The molecule has 9 nitrogen and oxygen atoms in total. The molecule has 31 heavy (non-hydrogen) atoms. The van der Waals surface area contributed by atoms with Crippen LogP contribution in [-0.4, -0.2) is 77.7 Å². The summed E-state index contributed by atoms with van der Waals surface area (Å²) in [4.78, 5) is 29.7. The predicted octanol–water partition coefficient (Wildman–Crippen LogP) is 1.86. The van der Waals surface area contributed by atoms with Crippen molar-refractivity contribution in [3.05, 3.63) is 17.5 Å². The highest BCUT2D eigenvalue weighted by Gasteiger charge is 2.45. The van der Waals surface area contributed by atoms with E-state index in [9.17, 15) is 18.0 Å². The van der Waals surface area contributed by atoms with Crippen LogP contribution in [0.15, 0.2) is 10.6 Å². The third-order valence-corrected chi connectivity index (χ3v) is 5.58. The molecular weight excluding hydrogens is 423 g/mol. The number of amides is 1. The van der Waals surface area contributed by atoms with Crippen LogP contribution in [0.3, 0.4) is 0 Å². The molecule has 0 radical (unpaired) electrons. The van der Waals surface area contributed by atoms with Crippen molar-refractivity contribution < 1.29 is 42.0 Å². The van der Waals surface area contributed by atoms with Gasteiger partial charge in [0.05, 0.1) is 31.4 Å². The summed E-state index contributed by atoms with van der Waals surface area (Å²) >= 11 is 0. The van der Waals surface area contributed by atoms with Crippen LogP contribution in [0.4, 0.5) is 13.2 Å². The number of fused-ring (bicyclic) bond motifs is 1. The van der Waals surface area contributed by atoms with E-state index in [4.69, 9.17) is 24.0 Å². The second-order valence-electron chi connectivity index (χ2n) is 7.97. The Hall–Kier alpha value is -2.18. The van der Waals surface area contributed by atoms with E-state index in [-0.39, 0.29) is 11.8 Å². The van der Waals surface area contributed by atoms with E-state index in [0.29, 0.717) is 31.6 Å². The van der Waals surface area contributed by atoms with Crippen molar-refractivity contribution in [3.63, 3.8) is 0 Å². The van der Waals surface area contributed by atoms with Crippen molar-refractivity contribution in [3.8, 4) is 0 Å². The van der Waals surface area contributed by atoms with Crippen LogP contribution in [0.5, 0.6) is 0 Å². The van der Waals surface area contributed by atoms with Crippen LogP contribution in [0, 0.1) is 24.7 Å². The average molecular weight is 449 g/mol. The Bertz CT molecular complexity index is 765. The molecule has 3 fully saturated rings. The molecule has 0 spiro atoms. The van der Waals surface area contributed by atoms with Gasteiger partial charge in [0.1, 0.15) is 5.76 Å². The summed E-state index contributed by atoms with van der Waals surface area (Å²) < 4.78 is 42.6. The van der Waals surface area contributed by atoms with Crippen molar-refractivity contribution >= 4 is 11.9 Å². The molecule has 3 atom stereocenters. The lowest BCUT2D eigenvalue weighted by molar-refractivity contribution is -0.207. The number of rotatable bonds is 3. The van der Waals surface area contributed by atoms with E-state index >= 15 is 0 Å². The first-order chi connectivity index (χ1) is 14.6. The van der Waals surface area contributed by atoms with Crippen LogP contribution in [0.2, 0.25) is 0 Å². The Labute approximate surface area is 177 Å². The Balaban J connectivity index is 0.000000339. The minimum atomic E-state index is -5.08. The first kappa shape index (κ1) is 23.5. The largest absolute Gasteiger partial charge is 0.490 e. The number of hydrogen-bond donors (Lipinski definition) is 1. The molecule has 4 heterocycles. The number of likely N-dealkylation sites (tertiary alicyclic amines) is 1. The Morgan fingerprint density at radius 1 is 1.26 bits per heavy atom. The van der Waals surface area contributed by atoms with E-state index in [1.807, 2.05) is 13.0 Å². The maximum atomic E-state index is 12.8. The predicted molar refractivity (Wildman–Crippen MR) is 98.4 cm³/mol. The van der Waals surface area contributed by atoms with E-state index in [1.165, 1.54) is 0 Å². The van der Waals surface area contributed by atoms with Gasteiger partial charge in [0, 0.05) is 32.2 Å². The third-order valence-electron chi connectivity index (χ3n) is 5.58. The number of halogens is 3. The van der Waals surface area contributed by atoms with Gasteiger partial charge in [-0.3, -0.25) is 14.5 Å². The van der Waals surface area contributed by atoms with Crippen LogP contribution in [0.25, 0.3) is 0 Å². The van der Waals surface area contributed by atoms with Gasteiger partial charge in [-0.25, -0.2) is 9.86 Å². The fourth-order valence-electron chi connectivity index (χ4n) is 4.15. The summed E-state index contributed by atoms with van der Waals surface area (Å²) in [6, 6.07) is 1.97. The van der Waals surface area contributed by atoms with Crippen LogP contribution in [-0.2, 0) is 25.7 Å². The minimum absolute atomic E-state index is 0.0918. The van der Waals surface area contributed by atoms with Crippen molar-refractivity contribution in [1.82, 2.24) is 15.1 Å². The molecule has 0 saturated carbocycles. The van der Waals surface area contributed by atoms with Crippen molar-refractivity contribution in [2.24, 2.45) is 17.8 Å². The minimum Gasteiger partial charge on any atom is -0.475 e. The van der Waals surface area contributed by atoms with E-state index in [1.54, 1.807) is 5.06 Å². The lowest BCUT2D eigenvalue weighted by Gasteiger charge is -2.36. The first-order valence-electron chi connectivity index (χ1n) is 10.1. The number of hydroxylamine groups is 2. The van der Waals surface area contributed by atoms with E-state index in [0.717, 1.165) is 50.5 Å². The average Bonchev–Trinajstić information content (AvgIpc) is 3.33. The number of carboxylic acid groups (broad SMARTS) is 1. The highest BCUT2D eigenvalue weighted by molar-refractivity contribution is 5.78. The van der Waals surface area contributed by atoms with Gasteiger partial charge in [-0.2, -0.15) is 13.2 Å². The summed E-state index contributed by atoms with van der Waals surface area (Å²) in [6.07, 6.45) is -3.03. The zero-order chi connectivity index (χ0) is 22.6. The topological polar surface area (TPSA) is 105 Å². The number of aryl methyl sites for hydroxylation is 1. The standard InChI is InChI=1S/C17H25N3O4.C2HF3O2/c1-12-6-14(18-24-12)8-19-7-13-10-22-11-16(15(13)9-19)17(21)20-4-2-3-5-23-20;3-2(4,5)1(6)7/h6,13,15-16H,2-5,7-11H2,1H3;(H,6,7)/t13-,15-,16+;/m1./s1. The number of aromatic nitrogens is 1. The molecule has 3 aliphatic heterocycles. The highest BCUT2D eigenvalue weighted by Crippen LogP contribution is 2.36. The second kappa shape index (κ2) is 9.96. The fraction of sp³-hybridized carbons (Fsp3) is 0.737. The highest BCUT2D eigenvalue weighted by atomic mass is 19.4. The molecule has 0 bridgehead atoms. The third kappa shape index (κ3) is 6.17. The number of aliphatic carboxylic acids is 1. The number of carboxylic acids is 1. The lowest BCUT2D eigenvalue weighted by Crippen LogP contribution is -2.47. The summed E-state index contributed by atoms with van der Waals surface area (Å²) in [5, 5.41) is 12.8. The molecule has 1 aromatic rings. The first-order valence-corrected chi connectivity index (χ1v) is 10.1. The van der Waals surface area contributed by atoms with Gasteiger partial charge >= 0.3 is 12.1 Å². The van der Waals surface area contributed by atoms with E-state index < -0.39 is 12.1 Å². The molecule has 12 heteroatoms. The molecule has 3 aliphatic rings. The molecule has 1 aromatic heterocycles. The normalized spacial score (nSPS) is 26.7. The molecular formula is C19H26F3N3O6. The Morgan fingerprint density at radius 3 is 2.58 bits per heavy atom. The van der Waals surface area contributed by atoms with Gasteiger partial charge in [0.2, 0.25) is 0 Å². The second-order valence-corrected chi connectivity index (χ2v) is 7.97. The van der Waals surface area contributed by atoms with Crippen LogP contribution >= 0.6 is 0 Å². The maximum Gasteiger partial charge on any atom is 0.490 e. The quantitative estimate of drug-likeness (QED) is 0.746. The summed E-state index contributed by atoms with van der Waals surface area (Å²) in [7, 11) is 0. The number of nitrogens with zero attached hydrogens (tertiary/aromatic N) is 3. The van der Waals surface area contributed by atoms with Crippen LogP contribution < -0.4 is 0 Å². The number of alkyl halides is 3. The Kier molecular flexibility index (Phi) is 7.55. The van der Waals surface area contributed by atoms with Crippen molar-refractivity contribution in [2.45, 2.75) is 32.5 Å². The number of carbonyl (C=O) groups excluding carboxylic acids is 1. The zero-order valence-corrected chi connectivity index (χ0v) is 17.1. The smallest absolute Gasteiger partial charge is 0.475 e. The monoisotopic (exact) mass is 449 g/mol. The fourth-order valence-corrected chi connectivity index (χ4v) is 4.15. The molecule has 4 rings (SSSR count). The van der Waals surface area contributed by atoms with Crippen molar-refractivity contribution in [1.29, 1.82) is 0 Å². The van der Waals surface area contributed by atoms with Gasteiger partial charge in [0.25, 0.3) is 5.91 Å². The number of ether oxygens (including phenoxy) is 1.